The summed E-state index contributed by atoms with van der Waals surface area (Å²) >= 11 is 0. The van der Waals surface area contributed by atoms with Gasteiger partial charge < -0.3 is 10.1 Å². The number of imidazole rings is 1. The van der Waals surface area contributed by atoms with Gasteiger partial charge in [0.15, 0.2) is 0 Å². The van der Waals surface area contributed by atoms with Crippen LogP contribution in [-0.2, 0) is 4.74 Å². The zero-order valence-corrected chi connectivity index (χ0v) is 14.2. The number of aromatic nitrogens is 4. The number of nitrogens with zero attached hydrogens (tertiary/aromatic N) is 6. The minimum Gasteiger partial charge on any atom is -0.381 e. The number of ether oxygens (including phenoxy) is 1. The molecule has 136 valence electrons. The van der Waals surface area contributed by atoms with Crippen molar-refractivity contribution in [1.29, 1.82) is 5.26 Å². The Labute approximate surface area is 153 Å². The summed E-state index contributed by atoms with van der Waals surface area (Å²) in [6.07, 6.45) is 4.21. The van der Waals surface area contributed by atoms with E-state index in [0.29, 0.717) is 29.8 Å². The number of anilines is 1. The van der Waals surface area contributed by atoms with Crippen molar-refractivity contribution in [2.24, 2.45) is 0 Å². The molecule has 3 heterocycles. The van der Waals surface area contributed by atoms with Gasteiger partial charge in [0.25, 0.3) is 0 Å². The molecule has 10 heteroatoms. The molecule has 27 heavy (non-hydrogen) atoms. The lowest BCUT2D eigenvalue weighted by molar-refractivity contribution is -0.384. The van der Waals surface area contributed by atoms with Gasteiger partial charge in [0, 0.05) is 19.3 Å². The standard InChI is InChI=1S/C17H15N7O3/c18-8-11-1-2-13-14(7-11)23(10-20-13)17-19-9-15(24(25)26)16(22-17)21-12-3-5-27-6-4-12/h1-2,7,9-10,12H,3-6H2,(H,19,21,22). The first kappa shape index (κ1) is 16.9. The molecule has 0 atom stereocenters. The van der Waals surface area contributed by atoms with Crippen molar-refractivity contribution < 1.29 is 9.66 Å². The number of rotatable bonds is 4. The van der Waals surface area contributed by atoms with Gasteiger partial charge in [0.1, 0.15) is 12.5 Å². The summed E-state index contributed by atoms with van der Waals surface area (Å²) in [7, 11) is 0. The lowest BCUT2D eigenvalue weighted by Crippen LogP contribution is -2.28. The van der Waals surface area contributed by atoms with E-state index in [1.165, 1.54) is 12.5 Å². The number of benzene rings is 1. The van der Waals surface area contributed by atoms with Gasteiger partial charge in [-0.25, -0.2) is 9.97 Å². The third-order valence-electron chi connectivity index (χ3n) is 4.41. The first-order valence-electron chi connectivity index (χ1n) is 8.39. The van der Waals surface area contributed by atoms with Crippen LogP contribution < -0.4 is 5.32 Å². The molecule has 1 fully saturated rings. The van der Waals surface area contributed by atoms with Crippen LogP contribution in [0.25, 0.3) is 17.0 Å². The minimum atomic E-state index is -0.509. The average Bonchev–Trinajstić information content (AvgIpc) is 3.11. The van der Waals surface area contributed by atoms with Crippen molar-refractivity contribution in [3.05, 3.63) is 46.4 Å². The summed E-state index contributed by atoms with van der Waals surface area (Å²) < 4.78 is 6.93. The van der Waals surface area contributed by atoms with Gasteiger partial charge in [-0.1, -0.05) is 0 Å². The molecule has 1 saturated heterocycles. The Morgan fingerprint density at radius 1 is 1.33 bits per heavy atom. The largest absolute Gasteiger partial charge is 0.381 e. The smallest absolute Gasteiger partial charge is 0.329 e. The molecule has 0 spiro atoms. The highest BCUT2D eigenvalue weighted by atomic mass is 16.6. The van der Waals surface area contributed by atoms with Crippen molar-refractivity contribution >= 4 is 22.5 Å². The molecule has 1 aromatic carbocycles. The summed E-state index contributed by atoms with van der Waals surface area (Å²) in [5.41, 5.74) is 1.62. The second-order valence-corrected chi connectivity index (χ2v) is 6.12. The monoisotopic (exact) mass is 365 g/mol. The van der Waals surface area contributed by atoms with Crippen LogP contribution in [0, 0.1) is 21.4 Å². The molecule has 0 saturated carbocycles. The highest BCUT2D eigenvalue weighted by Gasteiger charge is 2.23. The van der Waals surface area contributed by atoms with Crippen molar-refractivity contribution in [3.8, 4) is 12.0 Å². The van der Waals surface area contributed by atoms with Crippen molar-refractivity contribution in [1.82, 2.24) is 19.5 Å². The fraction of sp³-hybridized carbons (Fsp3) is 0.294. The summed E-state index contributed by atoms with van der Waals surface area (Å²) in [4.78, 5) is 23.6. The van der Waals surface area contributed by atoms with E-state index in [1.54, 1.807) is 22.8 Å². The summed E-state index contributed by atoms with van der Waals surface area (Å²) in [6, 6.07) is 7.22. The van der Waals surface area contributed by atoms with Crippen molar-refractivity contribution in [2.75, 3.05) is 18.5 Å². The van der Waals surface area contributed by atoms with Crippen LogP contribution in [0.3, 0.4) is 0 Å². The van der Waals surface area contributed by atoms with Gasteiger partial charge in [-0.2, -0.15) is 10.2 Å². The molecular weight excluding hydrogens is 350 g/mol. The van der Waals surface area contributed by atoms with Gasteiger partial charge in [0.05, 0.1) is 27.6 Å². The molecule has 1 aliphatic heterocycles. The first-order chi connectivity index (χ1) is 13.2. The molecule has 0 bridgehead atoms. The third-order valence-corrected chi connectivity index (χ3v) is 4.41. The van der Waals surface area contributed by atoms with Gasteiger partial charge in [-0.15, -0.1) is 0 Å². The summed E-state index contributed by atoms with van der Waals surface area (Å²) in [6.45, 7) is 1.21. The molecular formula is C17H15N7O3. The number of nitrogens with one attached hydrogen (secondary N) is 1. The van der Waals surface area contributed by atoms with Crippen LogP contribution >= 0.6 is 0 Å². The topological polar surface area (TPSA) is 132 Å². The van der Waals surface area contributed by atoms with Gasteiger partial charge in [-0.05, 0) is 31.0 Å². The normalized spacial score (nSPS) is 14.8. The Bertz CT molecular complexity index is 1050. The lowest BCUT2D eigenvalue weighted by atomic mass is 10.1. The number of hydrogen-bond acceptors (Lipinski definition) is 8. The van der Waals surface area contributed by atoms with Crippen LogP contribution in [0.15, 0.2) is 30.7 Å². The van der Waals surface area contributed by atoms with Crippen LogP contribution in [0.1, 0.15) is 18.4 Å². The molecule has 0 unspecified atom stereocenters. The maximum atomic E-state index is 11.4. The maximum Gasteiger partial charge on any atom is 0.329 e. The lowest BCUT2D eigenvalue weighted by Gasteiger charge is -2.23. The molecule has 4 rings (SSSR count). The highest BCUT2D eigenvalue weighted by molar-refractivity contribution is 5.78. The van der Waals surface area contributed by atoms with E-state index < -0.39 is 4.92 Å². The number of fused-ring (bicyclic) bond motifs is 1. The van der Waals surface area contributed by atoms with Crippen molar-refractivity contribution in [3.63, 3.8) is 0 Å². The van der Waals surface area contributed by atoms with E-state index in [-0.39, 0.29) is 23.5 Å². The summed E-state index contributed by atoms with van der Waals surface area (Å²) in [5, 5.41) is 23.6. The molecule has 3 aromatic rings. The zero-order valence-electron chi connectivity index (χ0n) is 14.2. The van der Waals surface area contributed by atoms with E-state index in [9.17, 15) is 10.1 Å². The number of hydrogen-bond donors (Lipinski definition) is 1. The second-order valence-electron chi connectivity index (χ2n) is 6.12. The van der Waals surface area contributed by atoms with E-state index in [2.05, 4.69) is 26.3 Å². The van der Waals surface area contributed by atoms with Crippen LogP contribution in [0.5, 0.6) is 0 Å². The van der Waals surface area contributed by atoms with Crippen LogP contribution in [0.2, 0.25) is 0 Å². The predicted octanol–water partition coefficient (Wildman–Crippen LogP) is 2.19. The van der Waals surface area contributed by atoms with E-state index in [4.69, 9.17) is 10.00 Å². The molecule has 2 aromatic heterocycles. The fourth-order valence-corrected chi connectivity index (χ4v) is 2.99. The van der Waals surface area contributed by atoms with E-state index in [1.807, 2.05) is 0 Å². The molecule has 1 N–H and O–H groups in total. The molecule has 1 aliphatic rings. The Hall–Kier alpha value is -3.58. The van der Waals surface area contributed by atoms with Crippen molar-refractivity contribution in [2.45, 2.75) is 18.9 Å². The second kappa shape index (κ2) is 6.97. The average molecular weight is 365 g/mol. The quantitative estimate of drug-likeness (QED) is 0.549. The van der Waals surface area contributed by atoms with E-state index in [0.717, 1.165) is 12.8 Å². The predicted molar refractivity (Wildman–Crippen MR) is 95.5 cm³/mol. The molecule has 0 amide bonds. The highest BCUT2D eigenvalue weighted by Crippen LogP contribution is 2.26. The van der Waals surface area contributed by atoms with Gasteiger partial charge in [0.2, 0.25) is 11.8 Å². The first-order valence-corrected chi connectivity index (χ1v) is 8.39. The van der Waals surface area contributed by atoms with Gasteiger partial charge >= 0.3 is 5.69 Å². The Morgan fingerprint density at radius 3 is 2.89 bits per heavy atom. The molecule has 0 aliphatic carbocycles. The SMILES string of the molecule is N#Cc1ccc2ncn(-c3ncc([N+](=O)[O-])c(NC4CCOCC4)n3)c2c1. The fourth-order valence-electron chi connectivity index (χ4n) is 2.99. The number of nitriles is 1. The Kier molecular flexibility index (Phi) is 4.35. The zero-order chi connectivity index (χ0) is 18.8. The third kappa shape index (κ3) is 3.28. The van der Waals surface area contributed by atoms with E-state index >= 15 is 0 Å². The van der Waals surface area contributed by atoms with Gasteiger partial charge in [-0.3, -0.25) is 14.7 Å². The Balaban J connectivity index is 1.76. The summed E-state index contributed by atoms with van der Waals surface area (Å²) in [5.74, 6) is 0.405. The molecule has 10 nitrogen and oxygen atoms in total. The van der Waals surface area contributed by atoms with Crippen LogP contribution in [-0.4, -0.2) is 43.7 Å². The minimum absolute atomic E-state index is 0.0462. The number of nitro groups is 1. The molecule has 0 radical (unpaired) electrons. The maximum absolute atomic E-state index is 11.4. The Morgan fingerprint density at radius 2 is 2.15 bits per heavy atom. The van der Waals surface area contributed by atoms with Crippen LogP contribution in [0.4, 0.5) is 11.5 Å².